The lowest BCUT2D eigenvalue weighted by Crippen LogP contribution is -2.27. The van der Waals surface area contributed by atoms with Crippen molar-refractivity contribution < 1.29 is 4.79 Å². The molecule has 2 rings (SSSR count). The van der Waals surface area contributed by atoms with Gasteiger partial charge in [-0.15, -0.1) is 10.2 Å². The number of aryl methyl sites for hydroxylation is 2. The fourth-order valence-electron chi connectivity index (χ4n) is 2.09. The molecule has 2 heterocycles. The van der Waals surface area contributed by atoms with Crippen LogP contribution in [0.1, 0.15) is 47.7 Å². The number of nitrogens with one attached hydrogen (secondary N) is 1. The van der Waals surface area contributed by atoms with E-state index in [2.05, 4.69) is 39.3 Å². The Bertz CT molecular complexity index is 614. The van der Waals surface area contributed by atoms with E-state index < -0.39 is 0 Å². The Balaban J connectivity index is 1.94. The lowest BCUT2D eigenvalue weighted by Gasteiger charge is -2.10. The fraction of sp³-hybridized carbons (Fsp3) is 0.500. The van der Waals surface area contributed by atoms with E-state index in [9.17, 15) is 4.79 Å². The van der Waals surface area contributed by atoms with E-state index in [1.165, 1.54) is 0 Å². The quantitative estimate of drug-likeness (QED) is 0.894. The number of hydrogen-bond acceptors (Lipinski definition) is 5. The van der Waals surface area contributed by atoms with Gasteiger partial charge in [0, 0.05) is 24.7 Å². The molecule has 0 bridgehead atoms. The van der Waals surface area contributed by atoms with Crippen LogP contribution in [0, 0.1) is 13.8 Å². The second-order valence-electron chi connectivity index (χ2n) is 5.20. The van der Waals surface area contributed by atoms with Crippen LogP contribution >= 0.6 is 0 Å². The standard InChI is InChI=1S/C14H20N6O/c1-9(2)20-8-16-19-13(20)5-6-15-14(21)12-7-10(3)17-11(4)18-12/h7-9H,5-6H2,1-4H3,(H,15,21). The molecule has 2 aromatic heterocycles. The molecule has 0 radical (unpaired) electrons. The molecule has 2 aromatic rings. The van der Waals surface area contributed by atoms with Gasteiger partial charge >= 0.3 is 0 Å². The molecule has 112 valence electrons. The van der Waals surface area contributed by atoms with E-state index in [1.54, 1.807) is 19.3 Å². The van der Waals surface area contributed by atoms with Crippen molar-refractivity contribution in [2.45, 2.75) is 40.2 Å². The van der Waals surface area contributed by atoms with E-state index in [0.717, 1.165) is 11.5 Å². The second-order valence-corrected chi connectivity index (χ2v) is 5.20. The van der Waals surface area contributed by atoms with Gasteiger partial charge in [0.25, 0.3) is 5.91 Å². The summed E-state index contributed by atoms with van der Waals surface area (Å²) in [4.78, 5) is 20.3. The lowest BCUT2D eigenvalue weighted by molar-refractivity contribution is 0.0948. The van der Waals surface area contributed by atoms with Gasteiger partial charge in [0.05, 0.1) is 0 Å². The first-order chi connectivity index (χ1) is 9.97. The summed E-state index contributed by atoms with van der Waals surface area (Å²) in [5.74, 6) is 1.26. The maximum Gasteiger partial charge on any atom is 0.270 e. The summed E-state index contributed by atoms with van der Waals surface area (Å²) in [6, 6.07) is 1.98. The second kappa shape index (κ2) is 6.43. The minimum Gasteiger partial charge on any atom is -0.350 e. The van der Waals surface area contributed by atoms with Gasteiger partial charge in [0.2, 0.25) is 0 Å². The third-order valence-electron chi connectivity index (χ3n) is 3.04. The summed E-state index contributed by atoms with van der Waals surface area (Å²) in [6.07, 6.45) is 2.34. The van der Waals surface area contributed by atoms with Crippen LogP contribution in [0.2, 0.25) is 0 Å². The van der Waals surface area contributed by atoms with Gasteiger partial charge in [-0.2, -0.15) is 0 Å². The minimum absolute atomic E-state index is 0.195. The molecule has 0 aliphatic heterocycles. The predicted octanol–water partition coefficient (Wildman–Crippen LogP) is 1.24. The monoisotopic (exact) mass is 288 g/mol. The highest BCUT2D eigenvalue weighted by molar-refractivity contribution is 5.92. The van der Waals surface area contributed by atoms with Crippen molar-refractivity contribution in [2.75, 3.05) is 6.54 Å². The first kappa shape index (κ1) is 15.1. The van der Waals surface area contributed by atoms with Crippen LogP contribution in [-0.2, 0) is 6.42 Å². The van der Waals surface area contributed by atoms with Crippen molar-refractivity contribution in [2.24, 2.45) is 0 Å². The molecule has 0 unspecified atom stereocenters. The summed E-state index contributed by atoms with van der Waals surface area (Å²) >= 11 is 0. The van der Waals surface area contributed by atoms with Gasteiger partial charge in [-0.3, -0.25) is 4.79 Å². The Morgan fingerprint density at radius 1 is 1.33 bits per heavy atom. The topological polar surface area (TPSA) is 85.6 Å². The number of hydrogen-bond donors (Lipinski definition) is 1. The summed E-state index contributed by atoms with van der Waals surface area (Å²) in [6.45, 7) is 8.24. The third kappa shape index (κ3) is 3.84. The minimum atomic E-state index is -0.195. The van der Waals surface area contributed by atoms with Crippen molar-refractivity contribution in [3.05, 3.63) is 35.4 Å². The van der Waals surface area contributed by atoms with E-state index in [1.807, 2.05) is 11.5 Å². The zero-order chi connectivity index (χ0) is 15.4. The smallest absolute Gasteiger partial charge is 0.270 e. The molecular formula is C14H20N6O. The van der Waals surface area contributed by atoms with Gasteiger partial charge < -0.3 is 9.88 Å². The Hall–Kier alpha value is -2.31. The number of aromatic nitrogens is 5. The largest absolute Gasteiger partial charge is 0.350 e. The highest BCUT2D eigenvalue weighted by Crippen LogP contribution is 2.06. The fourth-order valence-corrected chi connectivity index (χ4v) is 2.09. The van der Waals surface area contributed by atoms with Gasteiger partial charge in [0.1, 0.15) is 23.7 Å². The normalized spacial score (nSPS) is 10.9. The number of carbonyl (C=O) groups excluding carboxylic acids is 1. The highest BCUT2D eigenvalue weighted by Gasteiger charge is 2.11. The van der Waals surface area contributed by atoms with E-state index in [0.29, 0.717) is 30.5 Å². The first-order valence-electron chi connectivity index (χ1n) is 6.96. The summed E-state index contributed by atoms with van der Waals surface area (Å²) in [5, 5.41) is 10.8. The zero-order valence-electron chi connectivity index (χ0n) is 12.8. The maximum absolute atomic E-state index is 12.1. The molecule has 1 N–H and O–H groups in total. The molecule has 7 heteroatoms. The molecule has 0 saturated heterocycles. The average Bonchev–Trinajstić information content (AvgIpc) is 2.86. The Morgan fingerprint density at radius 2 is 2.10 bits per heavy atom. The van der Waals surface area contributed by atoms with Gasteiger partial charge in [-0.1, -0.05) is 0 Å². The molecule has 21 heavy (non-hydrogen) atoms. The molecule has 0 aromatic carbocycles. The van der Waals surface area contributed by atoms with Crippen LogP contribution in [0.4, 0.5) is 0 Å². The molecule has 0 spiro atoms. The SMILES string of the molecule is Cc1cc(C(=O)NCCc2nncn2C(C)C)nc(C)n1. The van der Waals surface area contributed by atoms with Crippen LogP contribution in [0.5, 0.6) is 0 Å². The molecule has 0 saturated carbocycles. The molecule has 0 aliphatic carbocycles. The van der Waals surface area contributed by atoms with Gasteiger partial charge in [-0.05, 0) is 33.8 Å². The van der Waals surface area contributed by atoms with Crippen molar-refractivity contribution in [3.63, 3.8) is 0 Å². The van der Waals surface area contributed by atoms with Crippen molar-refractivity contribution in [3.8, 4) is 0 Å². The van der Waals surface area contributed by atoms with Crippen LogP contribution in [0.15, 0.2) is 12.4 Å². The Labute approximate surface area is 123 Å². The van der Waals surface area contributed by atoms with Gasteiger partial charge in [0.15, 0.2) is 0 Å². The average molecular weight is 288 g/mol. The Kier molecular flexibility index (Phi) is 4.62. The maximum atomic E-state index is 12.1. The van der Waals surface area contributed by atoms with Crippen molar-refractivity contribution in [1.29, 1.82) is 0 Å². The van der Waals surface area contributed by atoms with Crippen molar-refractivity contribution in [1.82, 2.24) is 30.0 Å². The van der Waals surface area contributed by atoms with Gasteiger partial charge in [-0.25, -0.2) is 9.97 Å². The summed E-state index contributed by atoms with van der Waals surface area (Å²) in [5.41, 5.74) is 1.18. The highest BCUT2D eigenvalue weighted by atomic mass is 16.1. The van der Waals surface area contributed by atoms with E-state index >= 15 is 0 Å². The molecule has 0 fully saturated rings. The predicted molar refractivity (Wildman–Crippen MR) is 78.0 cm³/mol. The number of nitrogens with zero attached hydrogens (tertiary/aromatic N) is 5. The number of amides is 1. The molecule has 0 aliphatic rings. The number of carbonyl (C=O) groups is 1. The van der Waals surface area contributed by atoms with Crippen LogP contribution < -0.4 is 5.32 Å². The molecular weight excluding hydrogens is 268 g/mol. The number of rotatable bonds is 5. The third-order valence-corrected chi connectivity index (χ3v) is 3.04. The molecule has 0 atom stereocenters. The first-order valence-corrected chi connectivity index (χ1v) is 6.96. The van der Waals surface area contributed by atoms with Crippen LogP contribution in [-0.4, -0.2) is 37.2 Å². The summed E-state index contributed by atoms with van der Waals surface area (Å²) < 4.78 is 1.99. The van der Waals surface area contributed by atoms with Crippen LogP contribution in [0.3, 0.4) is 0 Å². The summed E-state index contributed by atoms with van der Waals surface area (Å²) in [7, 11) is 0. The van der Waals surface area contributed by atoms with E-state index in [4.69, 9.17) is 0 Å². The Morgan fingerprint density at radius 3 is 2.76 bits per heavy atom. The molecule has 1 amide bonds. The van der Waals surface area contributed by atoms with Crippen molar-refractivity contribution >= 4 is 5.91 Å². The zero-order valence-corrected chi connectivity index (χ0v) is 12.8. The van der Waals surface area contributed by atoms with Crippen LogP contribution in [0.25, 0.3) is 0 Å². The lowest BCUT2D eigenvalue weighted by atomic mass is 10.3. The van der Waals surface area contributed by atoms with E-state index in [-0.39, 0.29) is 5.91 Å². The molecule has 7 nitrogen and oxygen atoms in total.